The molecule has 3 rings (SSSR count). The number of nitrogens with zero attached hydrogens (tertiary/aromatic N) is 1. The number of rotatable bonds is 5. The highest BCUT2D eigenvalue weighted by atomic mass is 32.2. The van der Waals surface area contributed by atoms with Crippen molar-refractivity contribution in [3.05, 3.63) is 65.5 Å². The van der Waals surface area contributed by atoms with Crippen molar-refractivity contribution in [2.24, 2.45) is 0 Å². The monoisotopic (exact) mass is 354 g/mol. The number of pyridine rings is 1. The molecule has 2 aromatic carbocycles. The van der Waals surface area contributed by atoms with Crippen LogP contribution in [0.5, 0.6) is 0 Å². The first-order valence-corrected chi connectivity index (χ1v) is 9.13. The molecule has 0 aliphatic heterocycles. The molecule has 0 aliphatic rings. The first-order chi connectivity index (χ1) is 12.1. The Morgan fingerprint density at radius 3 is 2.76 bits per heavy atom. The van der Waals surface area contributed by atoms with Crippen LogP contribution >= 0.6 is 11.8 Å². The Morgan fingerprint density at radius 1 is 1.20 bits per heavy atom. The number of carbonyl (C=O) groups excluding carboxylic acids is 1. The van der Waals surface area contributed by atoms with Gasteiger partial charge in [0.25, 0.3) is 0 Å². The van der Waals surface area contributed by atoms with Crippen LogP contribution in [-0.4, -0.2) is 16.6 Å². The Labute approximate surface area is 150 Å². The lowest BCUT2D eigenvalue weighted by Gasteiger charge is -2.10. The predicted molar refractivity (Wildman–Crippen MR) is 102 cm³/mol. The third kappa shape index (κ3) is 4.17. The van der Waals surface area contributed by atoms with Crippen molar-refractivity contribution in [3.8, 4) is 0 Å². The number of halogens is 1. The molecule has 0 spiro atoms. The quantitative estimate of drug-likeness (QED) is 0.657. The second-order valence-corrected chi connectivity index (χ2v) is 6.78. The molecule has 0 aliphatic carbocycles. The zero-order valence-electron chi connectivity index (χ0n) is 14.2. The average Bonchev–Trinajstić information content (AvgIpc) is 2.61. The Bertz CT molecular complexity index is 927. The molecular weight excluding hydrogens is 335 g/mol. The summed E-state index contributed by atoms with van der Waals surface area (Å²) in [6.45, 7) is 4.10. The van der Waals surface area contributed by atoms with Gasteiger partial charge in [0.15, 0.2) is 0 Å². The first kappa shape index (κ1) is 17.4. The molecule has 0 saturated heterocycles. The lowest BCUT2D eigenvalue weighted by molar-refractivity contribution is -0.113. The highest BCUT2D eigenvalue weighted by Gasteiger charge is 2.11. The van der Waals surface area contributed by atoms with Gasteiger partial charge < -0.3 is 5.32 Å². The third-order valence-electron chi connectivity index (χ3n) is 3.88. The number of anilines is 1. The van der Waals surface area contributed by atoms with E-state index in [0.717, 1.165) is 33.5 Å². The maximum absolute atomic E-state index is 13.6. The molecule has 128 valence electrons. The zero-order chi connectivity index (χ0) is 17.8. The van der Waals surface area contributed by atoms with Crippen molar-refractivity contribution in [1.29, 1.82) is 0 Å². The lowest BCUT2D eigenvalue weighted by Crippen LogP contribution is -2.15. The Hall–Kier alpha value is -2.40. The van der Waals surface area contributed by atoms with Crippen LogP contribution in [0.25, 0.3) is 10.9 Å². The first-order valence-electron chi connectivity index (χ1n) is 8.14. The van der Waals surface area contributed by atoms with Crippen molar-refractivity contribution in [2.75, 3.05) is 11.1 Å². The minimum atomic E-state index is -0.436. The summed E-state index contributed by atoms with van der Waals surface area (Å²) in [6.07, 6.45) is 0.841. The minimum Gasteiger partial charge on any atom is -0.323 e. The van der Waals surface area contributed by atoms with Gasteiger partial charge in [-0.25, -0.2) is 9.37 Å². The fourth-order valence-corrected chi connectivity index (χ4v) is 3.46. The van der Waals surface area contributed by atoms with E-state index in [1.807, 2.05) is 13.0 Å². The second kappa shape index (κ2) is 7.66. The smallest absolute Gasteiger partial charge is 0.234 e. The van der Waals surface area contributed by atoms with E-state index in [1.165, 1.54) is 17.8 Å². The van der Waals surface area contributed by atoms with Gasteiger partial charge in [0.1, 0.15) is 10.8 Å². The molecular formula is C20H19FN2OS. The molecule has 25 heavy (non-hydrogen) atoms. The van der Waals surface area contributed by atoms with Crippen molar-refractivity contribution >= 4 is 34.3 Å². The predicted octanol–water partition coefficient (Wildman–Crippen LogP) is 4.98. The topological polar surface area (TPSA) is 42.0 Å². The van der Waals surface area contributed by atoms with Crippen LogP contribution in [0.3, 0.4) is 0 Å². The fraction of sp³-hybridized carbons (Fsp3) is 0.200. The Morgan fingerprint density at radius 2 is 2.00 bits per heavy atom. The van der Waals surface area contributed by atoms with Gasteiger partial charge in [0.2, 0.25) is 5.91 Å². The second-order valence-electron chi connectivity index (χ2n) is 5.82. The third-order valence-corrected chi connectivity index (χ3v) is 4.91. The van der Waals surface area contributed by atoms with Gasteiger partial charge in [-0.3, -0.25) is 4.79 Å². The summed E-state index contributed by atoms with van der Waals surface area (Å²) in [4.78, 5) is 16.8. The highest BCUT2D eigenvalue weighted by molar-refractivity contribution is 8.00. The molecule has 3 nitrogen and oxygen atoms in total. The highest BCUT2D eigenvalue weighted by Crippen LogP contribution is 2.26. The van der Waals surface area contributed by atoms with Crippen LogP contribution in [-0.2, 0) is 11.2 Å². The van der Waals surface area contributed by atoms with Gasteiger partial charge in [-0.1, -0.05) is 43.0 Å². The van der Waals surface area contributed by atoms with Gasteiger partial charge in [0.05, 0.1) is 17.0 Å². The molecule has 1 N–H and O–H groups in total. The van der Waals surface area contributed by atoms with Crippen LogP contribution in [0.4, 0.5) is 10.1 Å². The Kier molecular flexibility index (Phi) is 5.34. The van der Waals surface area contributed by atoms with E-state index in [1.54, 1.807) is 18.2 Å². The number of hydrogen-bond donors (Lipinski definition) is 1. The number of nitrogens with one attached hydrogen (secondary N) is 1. The van der Waals surface area contributed by atoms with Crippen LogP contribution in [0.1, 0.15) is 18.1 Å². The normalized spacial score (nSPS) is 10.8. The van der Waals surface area contributed by atoms with Crippen molar-refractivity contribution < 1.29 is 9.18 Å². The molecule has 0 atom stereocenters. The summed E-state index contributed by atoms with van der Waals surface area (Å²) in [7, 11) is 0. The number of carbonyl (C=O) groups is 1. The van der Waals surface area contributed by atoms with E-state index in [-0.39, 0.29) is 17.3 Å². The maximum atomic E-state index is 13.6. The molecule has 1 aromatic heterocycles. The van der Waals surface area contributed by atoms with Crippen molar-refractivity contribution in [3.63, 3.8) is 0 Å². The molecule has 1 amide bonds. The summed E-state index contributed by atoms with van der Waals surface area (Å²) in [6, 6.07) is 14.4. The van der Waals surface area contributed by atoms with E-state index in [0.29, 0.717) is 0 Å². The van der Waals surface area contributed by atoms with Gasteiger partial charge in [-0.2, -0.15) is 0 Å². The van der Waals surface area contributed by atoms with E-state index in [9.17, 15) is 9.18 Å². The summed E-state index contributed by atoms with van der Waals surface area (Å²) in [5, 5.41) is 4.55. The summed E-state index contributed by atoms with van der Waals surface area (Å²) in [5.41, 5.74) is 3.39. The molecule has 0 radical (unpaired) electrons. The minimum absolute atomic E-state index is 0.186. The molecule has 5 heteroatoms. The molecule has 1 heterocycles. The zero-order valence-corrected chi connectivity index (χ0v) is 15.0. The summed E-state index contributed by atoms with van der Waals surface area (Å²) < 4.78 is 13.6. The lowest BCUT2D eigenvalue weighted by atomic mass is 10.1. The van der Waals surface area contributed by atoms with Crippen molar-refractivity contribution in [1.82, 2.24) is 4.98 Å². The largest absolute Gasteiger partial charge is 0.323 e. The molecule has 0 fully saturated rings. The van der Waals surface area contributed by atoms with Gasteiger partial charge in [-0.05, 0) is 48.7 Å². The van der Waals surface area contributed by atoms with Gasteiger partial charge >= 0.3 is 0 Å². The number of aromatic nitrogens is 1. The molecule has 0 unspecified atom stereocenters. The fourth-order valence-electron chi connectivity index (χ4n) is 2.56. The van der Waals surface area contributed by atoms with Crippen LogP contribution in [0, 0.1) is 12.7 Å². The van der Waals surface area contributed by atoms with E-state index < -0.39 is 5.82 Å². The number of hydrogen-bond acceptors (Lipinski definition) is 3. The van der Waals surface area contributed by atoms with Crippen LogP contribution in [0.15, 0.2) is 53.6 Å². The molecule has 0 bridgehead atoms. The van der Waals surface area contributed by atoms with Gasteiger partial charge in [0, 0.05) is 5.39 Å². The average molecular weight is 354 g/mol. The SMILES string of the molecule is CCc1cc2ccc(C)cc2nc1SCC(=O)Nc1ccccc1F. The summed E-state index contributed by atoms with van der Waals surface area (Å²) in [5.74, 6) is -0.497. The van der Waals surface area contributed by atoms with Crippen LogP contribution in [0.2, 0.25) is 0 Å². The number of benzene rings is 2. The van der Waals surface area contributed by atoms with E-state index >= 15 is 0 Å². The number of fused-ring (bicyclic) bond motifs is 1. The number of aryl methyl sites for hydroxylation is 2. The maximum Gasteiger partial charge on any atom is 0.234 e. The molecule has 0 saturated carbocycles. The number of thioether (sulfide) groups is 1. The van der Waals surface area contributed by atoms with Gasteiger partial charge in [-0.15, -0.1) is 0 Å². The molecule has 3 aromatic rings. The number of para-hydroxylation sites is 1. The van der Waals surface area contributed by atoms with E-state index in [4.69, 9.17) is 4.98 Å². The van der Waals surface area contributed by atoms with Crippen LogP contribution < -0.4 is 5.32 Å². The number of amides is 1. The standard InChI is InChI=1S/C20H19FN2OS/c1-3-14-11-15-9-8-13(2)10-18(15)23-20(14)25-12-19(24)22-17-7-5-4-6-16(17)21/h4-11H,3,12H2,1-2H3,(H,22,24). The van der Waals surface area contributed by atoms with Crippen molar-refractivity contribution in [2.45, 2.75) is 25.3 Å². The van der Waals surface area contributed by atoms with E-state index in [2.05, 4.69) is 30.4 Å². The summed E-state index contributed by atoms with van der Waals surface area (Å²) >= 11 is 1.38. The Balaban J connectivity index is 1.75.